The van der Waals surface area contributed by atoms with Crippen molar-refractivity contribution in [3.8, 4) is 11.8 Å². The Labute approximate surface area is 199 Å². The molecule has 0 aromatic heterocycles. The Morgan fingerprint density at radius 2 is 1.68 bits per heavy atom. The van der Waals surface area contributed by atoms with Gasteiger partial charge in [0.2, 0.25) is 10.0 Å². The van der Waals surface area contributed by atoms with E-state index < -0.39 is 10.0 Å². The molecule has 1 amide bonds. The minimum Gasteiger partial charge on any atom is -0.484 e. The average molecular weight is 476 g/mol. The third-order valence-electron chi connectivity index (χ3n) is 5.84. The monoisotopic (exact) mass is 475 g/mol. The van der Waals surface area contributed by atoms with Crippen LogP contribution in [0.3, 0.4) is 0 Å². The molecule has 0 heterocycles. The van der Waals surface area contributed by atoms with Gasteiger partial charge in [-0.05, 0) is 60.4 Å². The summed E-state index contributed by atoms with van der Waals surface area (Å²) in [4.78, 5) is 12.4. The highest BCUT2D eigenvalue weighted by atomic mass is 32.2. The number of hydrogen-bond donors (Lipinski definition) is 1. The molecule has 1 N–H and O–H groups in total. The van der Waals surface area contributed by atoms with Gasteiger partial charge in [0, 0.05) is 19.3 Å². The largest absolute Gasteiger partial charge is 0.484 e. The maximum atomic E-state index is 12.8. The van der Waals surface area contributed by atoms with Crippen molar-refractivity contribution in [2.75, 3.05) is 19.0 Å². The van der Waals surface area contributed by atoms with Crippen LogP contribution in [-0.4, -0.2) is 32.3 Å². The van der Waals surface area contributed by atoms with Crippen molar-refractivity contribution in [1.82, 2.24) is 4.31 Å². The summed E-state index contributed by atoms with van der Waals surface area (Å²) in [5, 5.41) is 12.0. The molecule has 1 aliphatic rings. The van der Waals surface area contributed by atoms with Crippen LogP contribution < -0.4 is 10.1 Å². The summed E-state index contributed by atoms with van der Waals surface area (Å²) < 4.78 is 32.5. The van der Waals surface area contributed by atoms with Crippen molar-refractivity contribution in [1.29, 1.82) is 5.26 Å². The summed E-state index contributed by atoms with van der Waals surface area (Å²) >= 11 is 0. The van der Waals surface area contributed by atoms with Gasteiger partial charge in [-0.3, -0.25) is 4.79 Å². The molecule has 7 nitrogen and oxygen atoms in total. The van der Waals surface area contributed by atoms with Gasteiger partial charge in [-0.2, -0.15) is 9.57 Å². The number of rotatable bonds is 9. The van der Waals surface area contributed by atoms with Crippen LogP contribution in [0.4, 0.5) is 5.69 Å². The lowest BCUT2D eigenvalue weighted by molar-refractivity contribution is -0.118. The molecule has 0 radical (unpaired) electrons. The Hall–Kier alpha value is -3.67. The summed E-state index contributed by atoms with van der Waals surface area (Å²) in [5.74, 6) is 0.0494. The van der Waals surface area contributed by atoms with Crippen LogP contribution in [0.15, 0.2) is 83.8 Å². The SMILES string of the molecule is CN(Cc1ccccc1)S(=O)(=O)c1ccc(OCC(=O)Nc2ccc(C3(C#N)CC3)cc2)cc1. The van der Waals surface area contributed by atoms with Gasteiger partial charge in [0.25, 0.3) is 5.91 Å². The molecule has 0 bridgehead atoms. The van der Waals surface area contributed by atoms with E-state index in [9.17, 15) is 18.5 Å². The number of anilines is 1. The summed E-state index contributed by atoms with van der Waals surface area (Å²) in [6.07, 6.45) is 1.74. The fourth-order valence-corrected chi connectivity index (χ4v) is 4.78. The first-order chi connectivity index (χ1) is 16.3. The zero-order chi connectivity index (χ0) is 24.2. The first-order valence-corrected chi connectivity index (χ1v) is 12.3. The van der Waals surface area contributed by atoms with Gasteiger partial charge in [0.05, 0.1) is 16.4 Å². The Balaban J connectivity index is 1.30. The van der Waals surface area contributed by atoms with Crippen molar-refractivity contribution < 1.29 is 17.9 Å². The molecule has 1 saturated carbocycles. The number of amides is 1. The standard InChI is InChI=1S/C26H25N3O4S/c1-29(17-20-5-3-2-4-6-20)34(31,32)24-13-11-23(12-14-24)33-18-25(30)28-22-9-7-21(8-10-22)26(19-27)15-16-26/h2-14H,15-18H2,1H3,(H,28,30). The smallest absolute Gasteiger partial charge is 0.262 e. The number of benzene rings is 3. The zero-order valence-electron chi connectivity index (χ0n) is 18.8. The molecule has 34 heavy (non-hydrogen) atoms. The normalized spacial score (nSPS) is 14.3. The minimum atomic E-state index is -3.66. The molecule has 1 aliphatic carbocycles. The number of carbonyl (C=O) groups excluding carboxylic acids is 1. The molecule has 0 aliphatic heterocycles. The summed E-state index contributed by atoms with van der Waals surface area (Å²) in [5.41, 5.74) is 2.12. The summed E-state index contributed by atoms with van der Waals surface area (Å²) in [6.45, 7) is 0.0456. The van der Waals surface area contributed by atoms with Crippen LogP contribution in [0.5, 0.6) is 5.75 Å². The lowest BCUT2D eigenvalue weighted by Gasteiger charge is -2.17. The summed E-state index contributed by atoms with van der Waals surface area (Å²) in [7, 11) is -2.12. The highest BCUT2D eigenvalue weighted by molar-refractivity contribution is 7.89. The topological polar surface area (TPSA) is 99.5 Å². The molecule has 3 aromatic carbocycles. The quantitative estimate of drug-likeness (QED) is 0.503. The van der Waals surface area contributed by atoms with Crippen LogP contribution in [0.25, 0.3) is 0 Å². The lowest BCUT2D eigenvalue weighted by atomic mass is 9.98. The van der Waals surface area contributed by atoms with Gasteiger partial charge >= 0.3 is 0 Å². The lowest BCUT2D eigenvalue weighted by Crippen LogP contribution is -2.26. The number of nitriles is 1. The van der Waals surface area contributed by atoms with E-state index in [-0.39, 0.29) is 29.4 Å². The molecule has 174 valence electrons. The van der Waals surface area contributed by atoms with E-state index in [1.54, 1.807) is 12.1 Å². The molecular formula is C26H25N3O4S. The van der Waals surface area contributed by atoms with Crippen LogP contribution >= 0.6 is 0 Å². The maximum Gasteiger partial charge on any atom is 0.262 e. The van der Waals surface area contributed by atoms with Gasteiger partial charge in [-0.15, -0.1) is 0 Å². The highest BCUT2D eigenvalue weighted by Crippen LogP contribution is 2.47. The van der Waals surface area contributed by atoms with Crippen molar-refractivity contribution in [3.63, 3.8) is 0 Å². The van der Waals surface area contributed by atoms with E-state index in [1.807, 2.05) is 42.5 Å². The molecule has 8 heteroatoms. The molecule has 3 aromatic rings. The second kappa shape index (κ2) is 9.67. The first kappa shape index (κ1) is 23.5. The van der Waals surface area contributed by atoms with Gasteiger partial charge in [0.15, 0.2) is 6.61 Å². The fourth-order valence-electron chi connectivity index (χ4n) is 3.62. The van der Waals surface area contributed by atoms with E-state index in [0.29, 0.717) is 11.4 Å². The van der Waals surface area contributed by atoms with E-state index in [0.717, 1.165) is 24.0 Å². The third-order valence-corrected chi connectivity index (χ3v) is 7.65. The number of ether oxygens (including phenoxy) is 1. The molecule has 0 atom stereocenters. The average Bonchev–Trinajstić information content (AvgIpc) is 3.65. The Bertz CT molecular complexity index is 1290. The van der Waals surface area contributed by atoms with Crippen LogP contribution in [-0.2, 0) is 26.8 Å². The third kappa shape index (κ3) is 5.28. The Kier molecular flexibility index (Phi) is 6.68. The number of nitrogens with zero attached hydrogens (tertiary/aromatic N) is 2. The van der Waals surface area contributed by atoms with Crippen molar-refractivity contribution in [2.45, 2.75) is 29.7 Å². The second-order valence-electron chi connectivity index (χ2n) is 8.33. The minimum absolute atomic E-state index is 0.147. The maximum absolute atomic E-state index is 12.8. The molecular weight excluding hydrogens is 450 g/mol. The predicted molar refractivity (Wildman–Crippen MR) is 129 cm³/mol. The van der Waals surface area contributed by atoms with Gasteiger partial charge < -0.3 is 10.1 Å². The highest BCUT2D eigenvalue weighted by Gasteiger charge is 2.44. The predicted octanol–water partition coefficient (Wildman–Crippen LogP) is 4.08. The van der Waals surface area contributed by atoms with Crippen molar-refractivity contribution >= 4 is 21.6 Å². The van der Waals surface area contributed by atoms with E-state index >= 15 is 0 Å². The van der Waals surface area contributed by atoms with E-state index in [4.69, 9.17) is 4.74 Å². The summed E-state index contributed by atoms with van der Waals surface area (Å²) in [6, 6.07) is 25.0. The van der Waals surface area contributed by atoms with Gasteiger partial charge in [-0.25, -0.2) is 8.42 Å². The number of sulfonamides is 1. The molecule has 1 fully saturated rings. The van der Waals surface area contributed by atoms with Crippen molar-refractivity contribution in [2.24, 2.45) is 0 Å². The first-order valence-electron chi connectivity index (χ1n) is 10.9. The van der Waals surface area contributed by atoms with Crippen LogP contribution in [0, 0.1) is 11.3 Å². The second-order valence-corrected chi connectivity index (χ2v) is 10.4. The van der Waals surface area contributed by atoms with Gasteiger partial charge in [0.1, 0.15) is 5.75 Å². The fraction of sp³-hybridized carbons (Fsp3) is 0.231. The molecule has 4 rings (SSSR count). The molecule has 0 unspecified atom stereocenters. The number of hydrogen-bond acceptors (Lipinski definition) is 5. The van der Waals surface area contributed by atoms with Crippen molar-refractivity contribution in [3.05, 3.63) is 90.0 Å². The van der Waals surface area contributed by atoms with E-state index in [2.05, 4.69) is 11.4 Å². The number of carbonyl (C=O) groups is 1. The number of nitrogens with one attached hydrogen (secondary N) is 1. The zero-order valence-corrected chi connectivity index (χ0v) is 19.6. The molecule has 0 saturated heterocycles. The van der Waals surface area contributed by atoms with Crippen LogP contribution in [0.1, 0.15) is 24.0 Å². The van der Waals surface area contributed by atoms with Gasteiger partial charge in [-0.1, -0.05) is 42.5 Å². The Morgan fingerprint density at radius 1 is 1.03 bits per heavy atom. The van der Waals surface area contributed by atoms with E-state index in [1.165, 1.54) is 35.6 Å². The Morgan fingerprint density at radius 3 is 2.26 bits per heavy atom. The van der Waals surface area contributed by atoms with Crippen LogP contribution in [0.2, 0.25) is 0 Å². The molecule has 0 spiro atoms.